The van der Waals surface area contributed by atoms with E-state index in [0.29, 0.717) is 11.3 Å². The first-order valence-electron chi connectivity index (χ1n) is 6.38. The van der Waals surface area contributed by atoms with E-state index in [-0.39, 0.29) is 17.3 Å². The number of hydrogen-bond acceptors (Lipinski definition) is 5. The first kappa shape index (κ1) is 15.8. The van der Waals surface area contributed by atoms with Crippen LogP contribution in [0.4, 0.5) is 5.69 Å². The number of phenols is 1. The minimum Gasteiger partial charge on any atom is -0.508 e. The summed E-state index contributed by atoms with van der Waals surface area (Å²) in [6, 6.07) is 9.36. The van der Waals surface area contributed by atoms with Crippen molar-refractivity contribution in [2.45, 2.75) is 6.42 Å². The number of nitrogens with zero attached hydrogens (tertiary/aromatic N) is 1. The van der Waals surface area contributed by atoms with Crippen LogP contribution in [-0.4, -0.2) is 28.6 Å². The Morgan fingerprint density at radius 3 is 2.64 bits per heavy atom. The molecule has 0 fully saturated rings. The first-order chi connectivity index (χ1) is 10.5. The molecule has 0 aliphatic heterocycles. The van der Waals surface area contributed by atoms with E-state index in [1.54, 1.807) is 24.3 Å². The van der Waals surface area contributed by atoms with E-state index in [4.69, 9.17) is 21.4 Å². The zero-order valence-electron chi connectivity index (χ0n) is 11.5. The Kier molecular flexibility index (Phi) is 5.32. The van der Waals surface area contributed by atoms with Crippen LogP contribution in [0.15, 0.2) is 42.6 Å². The lowest BCUT2D eigenvalue weighted by Gasteiger charge is -2.07. The Labute approximate surface area is 131 Å². The van der Waals surface area contributed by atoms with Crippen LogP contribution in [0.1, 0.15) is 5.56 Å². The minimum atomic E-state index is -0.543. The second-order valence-electron chi connectivity index (χ2n) is 4.39. The third kappa shape index (κ3) is 4.75. The number of carbonyl (C=O) groups is 2. The van der Waals surface area contributed by atoms with Gasteiger partial charge in [0.15, 0.2) is 11.8 Å². The maximum absolute atomic E-state index is 11.7. The van der Waals surface area contributed by atoms with Crippen LogP contribution >= 0.6 is 11.6 Å². The Hall–Kier alpha value is -2.60. The number of anilines is 1. The molecular formula is C15H13ClN2O4. The number of rotatable bonds is 5. The number of pyridine rings is 1. The molecule has 0 radical (unpaired) electrons. The first-order valence-corrected chi connectivity index (χ1v) is 6.76. The quantitative estimate of drug-likeness (QED) is 0.651. The topological polar surface area (TPSA) is 88.5 Å². The van der Waals surface area contributed by atoms with Crippen molar-refractivity contribution in [1.29, 1.82) is 0 Å². The summed E-state index contributed by atoms with van der Waals surface area (Å²) in [4.78, 5) is 27.1. The van der Waals surface area contributed by atoms with Gasteiger partial charge in [0, 0.05) is 6.20 Å². The molecule has 2 N–H and O–H groups in total. The third-order valence-corrected chi connectivity index (χ3v) is 2.98. The molecule has 0 atom stereocenters. The van der Waals surface area contributed by atoms with Crippen molar-refractivity contribution in [3.63, 3.8) is 0 Å². The number of amides is 1. The number of carbonyl (C=O) groups excluding carboxylic acids is 2. The van der Waals surface area contributed by atoms with Crippen molar-refractivity contribution >= 4 is 29.2 Å². The van der Waals surface area contributed by atoms with Crippen LogP contribution in [0, 0.1) is 0 Å². The number of esters is 1. The normalized spacial score (nSPS) is 10.0. The van der Waals surface area contributed by atoms with Crippen LogP contribution < -0.4 is 5.32 Å². The molecule has 6 nitrogen and oxygen atoms in total. The summed E-state index contributed by atoms with van der Waals surface area (Å²) >= 11 is 5.80. The third-order valence-electron chi connectivity index (χ3n) is 2.68. The molecule has 0 bridgehead atoms. The highest BCUT2D eigenvalue weighted by Crippen LogP contribution is 2.17. The average molecular weight is 321 g/mol. The van der Waals surface area contributed by atoms with E-state index < -0.39 is 18.5 Å². The van der Waals surface area contributed by atoms with Gasteiger partial charge >= 0.3 is 5.97 Å². The van der Waals surface area contributed by atoms with Gasteiger partial charge < -0.3 is 15.2 Å². The summed E-state index contributed by atoms with van der Waals surface area (Å²) in [5, 5.41) is 11.8. The Morgan fingerprint density at radius 2 is 1.95 bits per heavy atom. The number of ether oxygens (including phenoxy) is 1. The van der Waals surface area contributed by atoms with E-state index in [0.717, 1.165) is 0 Å². The fraction of sp³-hybridized carbons (Fsp3) is 0.133. The molecule has 114 valence electrons. The summed E-state index contributed by atoms with van der Waals surface area (Å²) in [5.41, 5.74) is 1.03. The van der Waals surface area contributed by atoms with E-state index in [9.17, 15) is 9.59 Å². The molecule has 2 rings (SSSR count). The number of aromatic hydroxyl groups is 1. The molecule has 0 aliphatic rings. The van der Waals surface area contributed by atoms with Crippen molar-refractivity contribution < 1.29 is 19.4 Å². The molecule has 22 heavy (non-hydrogen) atoms. The number of benzene rings is 1. The summed E-state index contributed by atoms with van der Waals surface area (Å²) in [7, 11) is 0. The number of hydrogen-bond donors (Lipinski definition) is 2. The van der Waals surface area contributed by atoms with Crippen LogP contribution in [-0.2, 0) is 20.7 Å². The zero-order valence-corrected chi connectivity index (χ0v) is 12.2. The molecule has 1 heterocycles. The molecule has 1 aromatic heterocycles. The molecule has 0 saturated heterocycles. The molecule has 1 amide bonds. The van der Waals surface area contributed by atoms with Crippen molar-refractivity contribution in [3.05, 3.63) is 53.3 Å². The van der Waals surface area contributed by atoms with Crippen LogP contribution in [0.3, 0.4) is 0 Å². The maximum atomic E-state index is 11.7. The monoisotopic (exact) mass is 320 g/mol. The SMILES string of the molecule is O=C(COC(=O)Cc1ccc(O)cc1)Nc1cccnc1Cl. The molecule has 0 aliphatic carbocycles. The maximum Gasteiger partial charge on any atom is 0.310 e. The summed E-state index contributed by atoms with van der Waals surface area (Å²) < 4.78 is 4.87. The Bertz CT molecular complexity index is 673. The Balaban J connectivity index is 1.79. The van der Waals surface area contributed by atoms with Gasteiger partial charge in [-0.1, -0.05) is 23.7 Å². The number of halogens is 1. The van der Waals surface area contributed by atoms with Gasteiger partial charge in [-0.05, 0) is 29.8 Å². The molecule has 0 spiro atoms. The summed E-state index contributed by atoms with van der Waals surface area (Å²) in [5.74, 6) is -0.933. The number of nitrogens with one attached hydrogen (secondary N) is 1. The van der Waals surface area contributed by atoms with Crippen LogP contribution in [0.25, 0.3) is 0 Å². The Morgan fingerprint density at radius 1 is 1.23 bits per heavy atom. The van der Waals surface area contributed by atoms with Crippen LogP contribution in [0.5, 0.6) is 5.75 Å². The minimum absolute atomic E-state index is 0.0151. The van der Waals surface area contributed by atoms with E-state index >= 15 is 0 Å². The molecule has 0 unspecified atom stereocenters. The largest absolute Gasteiger partial charge is 0.508 e. The van der Waals surface area contributed by atoms with Crippen molar-refractivity contribution in [3.8, 4) is 5.75 Å². The van der Waals surface area contributed by atoms with Gasteiger partial charge in [0.05, 0.1) is 12.1 Å². The van der Waals surface area contributed by atoms with Gasteiger partial charge in [-0.25, -0.2) is 4.98 Å². The average Bonchev–Trinajstić information content (AvgIpc) is 2.50. The molecule has 0 saturated carbocycles. The van der Waals surface area contributed by atoms with Crippen molar-refractivity contribution in [2.24, 2.45) is 0 Å². The predicted octanol–water partition coefficient (Wildman–Crippen LogP) is 2.17. The van der Waals surface area contributed by atoms with Gasteiger partial charge in [-0.2, -0.15) is 0 Å². The lowest BCUT2D eigenvalue weighted by atomic mass is 10.1. The molecular weight excluding hydrogens is 308 g/mol. The van der Waals surface area contributed by atoms with Crippen molar-refractivity contribution in [2.75, 3.05) is 11.9 Å². The standard InChI is InChI=1S/C15H13ClN2O4/c16-15-12(2-1-7-17-15)18-13(20)9-22-14(21)8-10-3-5-11(19)6-4-10/h1-7,19H,8-9H2,(H,18,20). The number of aromatic nitrogens is 1. The predicted molar refractivity (Wildman–Crippen MR) is 80.6 cm³/mol. The highest BCUT2D eigenvalue weighted by molar-refractivity contribution is 6.32. The fourth-order valence-corrected chi connectivity index (χ4v) is 1.81. The van der Waals surface area contributed by atoms with Crippen molar-refractivity contribution in [1.82, 2.24) is 4.98 Å². The molecule has 7 heteroatoms. The second-order valence-corrected chi connectivity index (χ2v) is 4.75. The zero-order chi connectivity index (χ0) is 15.9. The smallest absolute Gasteiger partial charge is 0.310 e. The highest BCUT2D eigenvalue weighted by Gasteiger charge is 2.10. The second kappa shape index (κ2) is 7.42. The lowest BCUT2D eigenvalue weighted by molar-refractivity contribution is -0.146. The fourth-order valence-electron chi connectivity index (χ4n) is 1.64. The van der Waals surface area contributed by atoms with E-state index in [2.05, 4.69) is 10.3 Å². The van der Waals surface area contributed by atoms with Crippen LogP contribution in [0.2, 0.25) is 5.15 Å². The van der Waals surface area contributed by atoms with E-state index in [1.807, 2.05) is 0 Å². The summed E-state index contributed by atoms with van der Waals surface area (Å²) in [6.07, 6.45) is 1.51. The van der Waals surface area contributed by atoms with Gasteiger partial charge in [0.2, 0.25) is 0 Å². The van der Waals surface area contributed by atoms with Gasteiger partial charge in [0.25, 0.3) is 5.91 Å². The highest BCUT2D eigenvalue weighted by atomic mass is 35.5. The van der Waals surface area contributed by atoms with Gasteiger partial charge in [-0.3, -0.25) is 9.59 Å². The summed E-state index contributed by atoms with van der Waals surface area (Å²) in [6.45, 7) is -0.415. The van der Waals surface area contributed by atoms with Gasteiger partial charge in [-0.15, -0.1) is 0 Å². The van der Waals surface area contributed by atoms with Gasteiger partial charge in [0.1, 0.15) is 5.75 Å². The number of phenolic OH excluding ortho intramolecular Hbond substituents is 1. The molecule has 2 aromatic rings. The lowest BCUT2D eigenvalue weighted by Crippen LogP contribution is -2.21. The van der Waals surface area contributed by atoms with E-state index in [1.165, 1.54) is 18.3 Å². The molecule has 1 aromatic carbocycles.